The van der Waals surface area contributed by atoms with Gasteiger partial charge in [0.1, 0.15) is 11.6 Å². The first-order valence-electron chi connectivity index (χ1n) is 10.8. The molecule has 0 radical (unpaired) electrons. The molecule has 180 valence electrons. The fourth-order valence-electron chi connectivity index (χ4n) is 3.63. The van der Waals surface area contributed by atoms with Gasteiger partial charge < -0.3 is 9.84 Å². The number of hydrogen-bond acceptors (Lipinski definition) is 3. The first kappa shape index (κ1) is 24.2. The van der Waals surface area contributed by atoms with Crippen LogP contribution in [0.3, 0.4) is 0 Å². The number of rotatable bonds is 6. The molecule has 0 bridgehead atoms. The van der Waals surface area contributed by atoms with E-state index in [1.54, 1.807) is 36.4 Å². The number of alkyl halides is 3. The van der Waals surface area contributed by atoms with E-state index in [0.29, 0.717) is 35.0 Å². The van der Waals surface area contributed by atoms with Crippen molar-refractivity contribution in [2.24, 2.45) is 5.92 Å². The standard InChI is InChI=1S/C27H21F4NO3/c1-15(2)14-35-19-7-3-16(4-8-19)20-9-5-17(11-23(20)28)25-13-22(26(33)34)21-12-18(27(29,30)31)6-10-24(21)32-25/h3-13,15H,14H2,1-2H3,(H,33,34). The molecule has 0 saturated heterocycles. The summed E-state index contributed by atoms with van der Waals surface area (Å²) in [7, 11) is 0. The summed E-state index contributed by atoms with van der Waals surface area (Å²) in [5.41, 5.74) is 0.136. The van der Waals surface area contributed by atoms with Gasteiger partial charge >= 0.3 is 12.1 Å². The highest BCUT2D eigenvalue weighted by Crippen LogP contribution is 2.34. The fraction of sp³-hybridized carbons (Fsp3) is 0.185. The Morgan fingerprint density at radius 3 is 2.26 bits per heavy atom. The number of nitrogens with zero attached hydrogens (tertiary/aromatic N) is 1. The van der Waals surface area contributed by atoms with Crippen molar-refractivity contribution in [1.82, 2.24) is 4.98 Å². The summed E-state index contributed by atoms with van der Waals surface area (Å²) in [5.74, 6) is -0.911. The number of benzene rings is 3. The van der Waals surface area contributed by atoms with Gasteiger partial charge in [0.05, 0.1) is 28.9 Å². The summed E-state index contributed by atoms with van der Waals surface area (Å²) in [6.07, 6.45) is -4.62. The van der Waals surface area contributed by atoms with Crippen molar-refractivity contribution in [2.75, 3.05) is 6.61 Å². The van der Waals surface area contributed by atoms with E-state index in [4.69, 9.17) is 4.74 Å². The zero-order chi connectivity index (χ0) is 25.3. The van der Waals surface area contributed by atoms with Gasteiger partial charge in [-0.15, -0.1) is 0 Å². The lowest BCUT2D eigenvalue weighted by Crippen LogP contribution is -2.06. The molecule has 1 heterocycles. The van der Waals surface area contributed by atoms with Gasteiger partial charge in [-0.1, -0.05) is 38.1 Å². The largest absolute Gasteiger partial charge is 0.493 e. The third kappa shape index (κ3) is 5.26. The molecule has 4 nitrogen and oxygen atoms in total. The minimum Gasteiger partial charge on any atom is -0.493 e. The highest BCUT2D eigenvalue weighted by Gasteiger charge is 2.31. The van der Waals surface area contributed by atoms with Gasteiger partial charge in [-0.05, 0) is 53.9 Å². The van der Waals surface area contributed by atoms with E-state index in [2.05, 4.69) is 4.98 Å². The van der Waals surface area contributed by atoms with Crippen LogP contribution in [0.2, 0.25) is 0 Å². The Labute approximate surface area is 198 Å². The average Bonchev–Trinajstić information content (AvgIpc) is 2.81. The maximum absolute atomic E-state index is 15.0. The fourth-order valence-corrected chi connectivity index (χ4v) is 3.63. The number of halogens is 4. The third-order valence-electron chi connectivity index (χ3n) is 5.38. The van der Waals surface area contributed by atoms with E-state index in [9.17, 15) is 23.1 Å². The number of pyridine rings is 1. The number of carbonyl (C=O) groups is 1. The summed E-state index contributed by atoms with van der Waals surface area (Å²) in [6.45, 7) is 4.64. The second kappa shape index (κ2) is 9.37. The number of fused-ring (bicyclic) bond motifs is 1. The maximum atomic E-state index is 15.0. The molecule has 0 unspecified atom stereocenters. The van der Waals surface area contributed by atoms with Gasteiger partial charge in [-0.3, -0.25) is 0 Å². The van der Waals surface area contributed by atoms with Crippen molar-refractivity contribution in [3.05, 3.63) is 83.7 Å². The number of carboxylic acids is 1. The zero-order valence-electron chi connectivity index (χ0n) is 18.9. The molecule has 0 aliphatic carbocycles. The molecule has 4 aromatic rings. The van der Waals surface area contributed by atoms with Crippen LogP contribution in [0.25, 0.3) is 33.3 Å². The molecular weight excluding hydrogens is 462 g/mol. The van der Waals surface area contributed by atoms with E-state index in [-0.39, 0.29) is 22.2 Å². The Morgan fingerprint density at radius 1 is 0.971 bits per heavy atom. The smallest absolute Gasteiger partial charge is 0.416 e. The van der Waals surface area contributed by atoms with Gasteiger partial charge in [0.25, 0.3) is 0 Å². The first-order valence-corrected chi connectivity index (χ1v) is 10.8. The Kier molecular flexibility index (Phi) is 6.47. The molecule has 0 spiro atoms. The van der Waals surface area contributed by atoms with Crippen molar-refractivity contribution in [1.29, 1.82) is 0 Å². The minimum absolute atomic E-state index is 0.0642. The van der Waals surface area contributed by atoms with Crippen LogP contribution in [0, 0.1) is 11.7 Å². The number of carboxylic acid groups (broad SMARTS) is 1. The molecule has 4 rings (SSSR count). The van der Waals surface area contributed by atoms with Crippen LogP contribution in [-0.4, -0.2) is 22.7 Å². The Balaban J connectivity index is 1.70. The van der Waals surface area contributed by atoms with Crippen LogP contribution in [0.5, 0.6) is 5.75 Å². The average molecular weight is 483 g/mol. The van der Waals surface area contributed by atoms with E-state index >= 15 is 4.39 Å². The van der Waals surface area contributed by atoms with E-state index in [1.807, 2.05) is 13.8 Å². The molecule has 0 fully saturated rings. The second-order valence-corrected chi connectivity index (χ2v) is 8.51. The van der Waals surface area contributed by atoms with Crippen molar-refractivity contribution >= 4 is 16.9 Å². The molecule has 8 heteroatoms. The Bertz CT molecular complexity index is 1400. The molecular formula is C27H21F4NO3. The summed E-state index contributed by atoms with van der Waals surface area (Å²) in [4.78, 5) is 16.1. The summed E-state index contributed by atoms with van der Waals surface area (Å²) in [5, 5.41) is 9.45. The Morgan fingerprint density at radius 2 is 1.66 bits per heavy atom. The number of aromatic carboxylic acids is 1. The second-order valence-electron chi connectivity index (χ2n) is 8.51. The molecule has 35 heavy (non-hydrogen) atoms. The molecule has 0 amide bonds. The molecule has 3 aromatic carbocycles. The lowest BCUT2D eigenvalue weighted by molar-refractivity contribution is -0.137. The van der Waals surface area contributed by atoms with Crippen LogP contribution < -0.4 is 4.74 Å². The van der Waals surface area contributed by atoms with Crippen LogP contribution >= 0.6 is 0 Å². The van der Waals surface area contributed by atoms with E-state index < -0.39 is 23.5 Å². The highest BCUT2D eigenvalue weighted by molar-refractivity contribution is 6.04. The van der Waals surface area contributed by atoms with Crippen molar-refractivity contribution in [3.63, 3.8) is 0 Å². The number of aromatic nitrogens is 1. The van der Waals surface area contributed by atoms with Gasteiger partial charge in [-0.2, -0.15) is 13.2 Å². The number of hydrogen-bond donors (Lipinski definition) is 1. The lowest BCUT2D eigenvalue weighted by Gasteiger charge is -2.12. The molecule has 1 aromatic heterocycles. The van der Waals surface area contributed by atoms with E-state index in [1.165, 1.54) is 6.07 Å². The molecule has 0 aliphatic rings. The lowest BCUT2D eigenvalue weighted by atomic mass is 9.99. The van der Waals surface area contributed by atoms with Crippen molar-refractivity contribution in [3.8, 4) is 28.1 Å². The van der Waals surface area contributed by atoms with Crippen LogP contribution in [0.15, 0.2) is 66.7 Å². The normalized spacial score (nSPS) is 11.7. The molecule has 0 saturated carbocycles. The molecule has 1 N–H and O–H groups in total. The molecule has 0 atom stereocenters. The quantitative estimate of drug-likeness (QED) is 0.289. The summed E-state index contributed by atoms with van der Waals surface area (Å²) in [6, 6.07) is 15.2. The first-order chi connectivity index (χ1) is 16.5. The molecule has 0 aliphatic heterocycles. The Hall–Kier alpha value is -3.94. The maximum Gasteiger partial charge on any atom is 0.416 e. The van der Waals surface area contributed by atoms with Crippen LogP contribution in [0.1, 0.15) is 29.8 Å². The monoisotopic (exact) mass is 483 g/mol. The summed E-state index contributed by atoms with van der Waals surface area (Å²) < 4.78 is 60.0. The van der Waals surface area contributed by atoms with Crippen molar-refractivity contribution in [2.45, 2.75) is 20.0 Å². The van der Waals surface area contributed by atoms with Gasteiger partial charge in [0.15, 0.2) is 0 Å². The van der Waals surface area contributed by atoms with Crippen LogP contribution in [-0.2, 0) is 6.18 Å². The predicted octanol–water partition coefficient (Wildman–Crippen LogP) is 7.46. The van der Waals surface area contributed by atoms with E-state index in [0.717, 1.165) is 24.3 Å². The third-order valence-corrected chi connectivity index (χ3v) is 5.38. The van der Waals surface area contributed by atoms with Gasteiger partial charge in [0.2, 0.25) is 0 Å². The van der Waals surface area contributed by atoms with Gasteiger partial charge in [0, 0.05) is 16.5 Å². The highest BCUT2D eigenvalue weighted by atomic mass is 19.4. The minimum atomic E-state index is -4.62. The zero-order valence-corrected chi connectivity index (χ0v) is 18.9. The summed E-state index contributed by atoms with van der Waals surface area (Å²) >= 11 is 0. The topological polar surface area (TPSA) is 59.4 Å². The van der Waals surface area contributed by atoms with Crippen LogP contribution in [0.4, 0.5) is 17.6 Å². The SMILES string of the molecule is CC(C)COc1ccc(-c2ccc(-c3cc(C(=O)O)c4cc(C(F)(F)F)ccc4n3)cc2F)cc1. The van der Waals surface area contributed by atoms with Gasteiger partial charge in [-0.25, -0.2) is 14.2 Å². The number of ether oxygens (including phenoxy) is 1. The van der Waals surface area contributed by atoms with Crippen molar-refractivity contribution < 1.29 is 32.2 Å². The predicted molar refractivity (Wildman–Crippen MR) is 125 cm³/mol.